The van der Waals surface area contributed by atoms with Gasteiger partial charge in [0.05, 0.1) is 18.8 Å². The average Bonchev–Trinajstić information content (AvgIpc) is 2.41. The average molecular weight is 313 g/mol. The van der Waals surface area contributed by atoms with Crippen molar-refractivity contribution in [3.63, 3.8) is 0 Å². The highest BCUT2D eigenvalue weighted by atomic mass is 28.3. The Morgan fingerprint density at radius 1 is 1.14 bits per heavy atom. The van der Waals surface area contributed by atoms with E-state index in [4.69, 9.17) is 14.2 Å². The Bertz CT molecular complexity index is 308. The minimum Gasteiger partial charge on any atom is -0.370 e. The van der Waals surface area contributed by atoms with Crippen molar-refractivity contribution in [2.75, 3.05) is 20.0 Å². The molecule has 0 saturated carbocycles. The van der Waals surface area contributed by atoms with Crippen molar-refractivity contribution in [3.8, 4) is 0 Å². The van der Waals surface area contributed by atoms with Crippen LogP contribution in [0.2, 0.25) is 25.7 Å². The van der Waals surface area contributed by atoms with Gasteiger partial charge in [-0.2, -0.15) is 0 Å². The van der Waals surface area contributed by atoms with Gasteiger partial charge in [0.15, 0.2) is 0 Å². The van der Waals surface area contributed by atoms with E-state index in [9.17, 15) is 0 Å². The lowest BCUT2D eigenvalue weighted by Gasteiger charge is -2.16. The van der Waals surface area contributed by atoms with E-state index < -0.39 is 8.07 Å². The molecule has 0 amide bonds. The molecule has 0 rings (SSSR count). The van der Waals surface area contributed by atoms with Crippen molar-refractivity contribution in [2.24, 2.45) is 0 Å². The van der Waals surface area contributed by atoms with Crippen LogP contribution >= 0.6 is 0 Å². The highest BCUT2D eigenvalue weighted by Gasteiger charge is 2.11. The fraction of sp³-hybridized carbons (Fsp3) is 0.647. The van der Waals surface area contributed by atoms with Crippen molar-refractivity contribution in [1.29, 1.82) is 0 Å². The largest absolute Gasteiger partial charge is 0.370 e. The second-order valence-corrected chi connectivity index (χ2v) is 11.9. The van der Waals surface area contributed by atoms with Crippen LogP contribution in [0.15, 0.2) is 37.5 Å². The lowest BCUT2D eigenvalue weighted by atomic mass is 10.2. The summed E-state index contributed by atoms with van der Waals surface area (Å²) in [7, 11) is -1.01. The molecule has 0 heterocycles. The van der Waals surface area contributed by atoms with E-state index in [0.717, 1.165) is 13.0 Å². The van der Waals surface area contributed by atoms with Crippen LogP contribution in [0.25, 0.3) is 0 Å². The van der Waals surface area contributed by atoms with Gasteiger partial charge >= 0.3 is 0 Å². The SMILES string of the molecule is C=CCO[C@H](C=C)C/C=C\[C@@H](C)OCOCC[Si](C)(C)C. The van der Waals surface area contributed by atoms with E-state index in [-0.39, 0.29) is 12.2 Å². The van der Waals surface area contributed by atoms with Crippen molar-refractivity contribution < 1.29 is 14.2 Å². The maximum atomic E-state index is 5.58. The monoisotopic (exact) mass is 312 g/mol. The molecule has 122 valence electrons. The molecule has 0 spiro atoms. The molecule has 0 fully saturated rings. The molecule has 0 bridgehead atoms. The zero-order valence-corrected chi connectivity index (χ0v) is 15.1. The predicted octanol–water partition coefficient (Wildman–Crippen LogP) is 4.41. The van der Waals surface area contributed by atoms with Crippen LogP contribution in [-0.2, 0) is 14.2 Å². The van der Waals surface area contributed by atoms with Crippen molar-refractivity contribution in [2.45, 2.75) is 51.2 Å². The van der Waals surface area contributed by atoms with Crippen LogP contribution in [-0.4, -0.2) is 40.3 Å². The number of ether oxygens (including phenoxy) is 3. The first-order valence-electron chi connectivity index (χ1n) is 7.60. The Kier molecular flexibility index (Phi) is 11.5. The van der Waals surface area contributed by atoms with E-state index in [1.165, 1.54) is 6.04 Å². The number of hydrogen-bond donors (Lipinski definition) is 0. The Morgan fingerprint density at radius 2 is 1.86 bits per heavy atom. The normalized spacial score (nSPS) is 15.0. The van der Waals surface area contributed by atoms with Crippen molar-refractivity contribution >= 4 is 8.07 Å². The van der Waals surface area contributed by atoms with Gasteiger partial charge in [0, 0.05) is 14.7 Å². The second kappa shape index (κ2) is 11.9. The standard InChI is InChI=1S/C17H32O3Si/c1-7-12-19-17(8-2)11-9-10-16(3)20-15-18-13-14-21(4,5)6/h7-10,16-17H,1-2,11-15H2,3-6H3/b10-9-/t16-,17-/m1/s1. The summed E-state index contributed by atoms with van der Waals surface area (Å²) in [5.74, 6) is 0. The Balaban J connectivity index is 3.72. The molecule has 0 aromatic rings. The summed E-state index contributed by atoms with van der Waals surface area (Å²) in [5, 5.41) is 0. The molecular weight excluding hydrogens is 280 g/mol. The molecule has 0 saturated heterocycles. The molecule has 0 aromatic heterocycles. The maximum absolute atomic E-state index is 5.58. The van der Waals surface area contributed by atoms with Crippen LogP contribution in [0, 0.1) is 0 Å². The van der Waals surface area contributed by atoms with Crippen LogP contribution in [0.1, 0.15) is 13.3 Å². The quantitative estimate of drug-likeness (QED) is 0.218. The number of rotatable bonds is 13. The minimum atomic E-state index is -1.01. The van der Waals surface area contributed by atoms with Gasteiger partial charge in [0.1, 0.15) is 6.79 Å². The van der Waals surface area contributed by atoms with E-state index in [2.05, 4.69) is 38.9 Å². The van der Waals surface area contributed by atoms with Crippen LogP contribution in [0.5, 0.6) is 0 Å². The fourth-order valence-corrected chi connectivity index (χ4v) is 2.23. The molecule has 0 N–H and O–H groups in total. The lowest BCUT2D eigenvalue weighted by Crippen LogP contribution is -2.22. The van der Waals surface area contributed by atoms with E-state index in [1.54, 1.807) is 12.2 Å². The smallest absolute Gasteiger partial charge is 0.147 e. The summed E-state index contributed by atoms with van der Waals surface area (Å²) in [6.45, 7) is 18.1. The summed E-state index contributed by atoms with van der Waals surface area (Å²) < 4.78 is 16.6. The number of hydrogen-bond acceptors (Lipinski definition) is 3. The first kappa shape index (κ1) is 20.3. The molecule has 21 heavy (non-hydrogen) atoms. The summed E-state index contributed by atoms with van der Waals surface area (Å²) in [5.41, 5.74) is 0. The van der Waals surface area contributed by atoms with Crippen molar-refractivity contribution in [1.82, 2.24) is 0 Å². The Hall–Kier alpha value is -0.683. The van der Waals surface area contributed by atoms with E-state index in [1.807, 2.05) is 13.0 Å². The maximum Gasteiger partial charge on any atom is 0.147 e. The highest BCUT2D eigenvalue weighted by Crippen LogP contribution is 2.08. The third kappa shape index (κ3) is 14.0. The summed E-state index contributed by atoms with van der Waals surface area (Å²) in [6, 6.07) is 1.17. The second-order valence-electron chi connectivity index (χ2n) is 6.27. The van der Waals surface area contributed by atoms with Gasteiger partial charge in [-0.05, 0) is 19.4 Å². The topological polar surface area (TPSA) is 27.7 Å². The van der Waals surface area contributed by atoms with Crippen molar-refractivity contribution in [3.05, 3.63) is 37.5 Å². The summed E-state index contributed by atoms with van der Waals surface area (Å²) >= 11 is 0. The molecule has 0 unspecified atom stereocenters. The molecule has 0 aliphatic carbocycles. The van der Waals surface area contributed by atoms with Gasteiger partial charge in [-0.25, -0.2) is 0 Å². The molecule has 0 aliphatic heterocycles. The molecular formula is C17H32O3Si. The zero-order chi connectivity index (χ0) is 16.1. The van der Waals surface area contributed by atoms with Crippen LogP contribution < -0.4 is 0 Å². The predicted molar refractivity (Wildman–Crippen MR) is 93.4 cm³/mol. The minimum absolute atomic E-state index is 0.0273. The van der Waals surface area contributed by atoms with Gasteiger partial charge in [0.25, 0.3) is 0 Å². The molecule has 0 aromatic carbocycles. The molecule has 0 radical (unpaired) electrons. The van der Waals surface area contributed by atoms with Gasteiger partial charge in [0.2, 0.25) is 0 Å². The lowest BCUT2D eigenvalue weighted by molar-refractivity contribution is -0.0666. The molecule has 2 atom stereocenters. The van der Waals surface area contributed by atoms with Gasteiger partial charge in [-0.15, -0.1) is 13.2 Å². The Labute approximate surface area is 131 Å². The van der Waals surface area contributed by atoms with Gasteiger partial charge in [-0.3, -0.25) is 0 Å². The molecule has 4 heteroatoms. The van der Waals surface area contributed by atoms with Crippen LogP contribution in [0.4, 0.5) is 0 Å². The third-order valence-corrected chi connectivity index (χ3v) is 4.58. The third-order valence-electron chi connectivity index (χ3n) is 2.88. The fourth-order valence-electron chi connectivity index (χ4n) is 1.48. The Morgan fingerprint density at radius 3 is 2.43 bits per heavy atom. The summed E-state index contributed by atoms with van der Waals surface area (Å²) in [6.07, 6.45) is 8.49. The van der Waals surface area contributed by atoms with Crippen LogP contribution in [0.3, 0.4) is 0 Å². The molecule has 0 aliphatic rings. The van der Waals surface area contributed by atoms with E-state index in [0.29, 0.717) is 13.4 Å². The highest BCUT2D eigenvalue weighted by molar-refractivity contribution is 6.76. The molecule has 3 nitrogen and oxygen atoms in total. The first-order valence-corrected chi connectivity index (χ1v) is 11.3. The van der Waals surface area contributed by atoms with E-state index >= 15 is 0 Å². The van der Waals surface area contributed by atoms with Gasteiger partial charge in [-0.1, -0.05) is 43.9 Å². The zero-order valence-electron chi connectivity index (χ0n) is 14.1. The summed E-state index contributed by atoms with van der Waals surface area (Å²) in [4.78, 5) is 0. The first-order chi connectivity index (χ1) is 9.89. The van der Waals surface area contributed by atoms with Gasteiger partial charge < -0.3 is 14.2 Å².